The van der Waals surface area contributed by atoms with E-state index in [1.807, 2.05) is 0 Å². The van der Waals surface area contributed by atoms with E-state index in [4.69, 9.17) is 15.2 Å². The Morgan fingerprint density at radius 1 is 0.776 bits per heavy atom. The number of carbonyl (C=O) groups is 2. The van der Waals surface area contributed by atoms with Crippen LogP contribution in [0.25, 0.3) is 0 Å². The normalized spacial score (nSPS) is 49.0. The summed E-state index contributed by atoms with van der Waals surface area (Å²) in [5.74, 6) is 12.4. The molecule has 0 amide bonds. The van der Waals surface area contributed by atoms with Crippen molar-refractivity contribution in [2.45, 2.75) is 249 Å². The minimum atomic E-state index is -1.17. The molecule has 1 aromatic carbocycles. The Balaban J connectivity index is 0.861. The first-order chi connectivity index (χ1) is 41.5. The second kappa shape index (κ2) is 17.4. The summed E-state index contributed by atoms with van der Waals surface area (Å²) >= 11 is 0. The number of piperidine rings is 2. The number of carbonyl (C=O) groups excluding carboxylic acids is 2. The predicted molar refractivity (Wildman–Crippen MR) is 327 cm³/mol. The molecule has 12 aliphatic carbocycles. The van der Waals surface area contributed by atoms with Crippen LogP contribution in [-0.2, 0) is 26.3 Å². The number of nitrogens with two attached hydrogens (primary N) is 1. The lowest BCUT2D eigenvalue weighted by atomic mass is 9.26. The quantitative estimate of drug-likeness (QED) is 0.175. The Labute approximate surface area is 507 Å². The number of fused-ring (bicyclic) bond motifs is 8. The van der Waals surface area contributed by atoms with E-state index in [0.717, 1.165) is 68.3 Å². The Kier molecular flexibility index (Phi) is 10.6. The third-order valence-corrected chi connectivity index (χ3v) is 32.4. The van der Waals surface area contributed by atoms with E-state index in [1.165, 1.54) is 166 Å². The van der Waals surface area contributed by atoms with Crippen molar-refractivity contribution in [3.63, 3.8) is 0 Å². The van der Waals surface area contributed by atoms with Crippen LogP contribution in [0.5, 0.6) is 0 Å². The van der Waals surface area contributed by atoms with Gasteiger partial charge in [0, 0.05) is 79.0 Å². The molecule has 8 spiro atoms. The van der Waals surface area contributed by atoms with Gasteiger partial charge in [-0.2, -0.15) is 0 Å². The fourth-order valence-corrected chi connectivity index (χ4v) is 30.1. The summed E-state index contributed by atoms with van der Waals surface area (Å²) in [4.78, 5) is 39.3. The molecule has 0 aromatic heterocycles. The number of aryl methyl sites for hydroxylation is 1. The van der Waals surface area contributed by atoms with Gasteiger partial charge in [0.05, 0.1) is 11.0 Å². The fraction of sp³-hybridized carbons (Fsp3) is 0.766. The Bertz CT molecular complexity index is 3360. The van der Waals surface area contributed by atoms with Crippen molar-refractivity contribution in [1.29, 1.82) is 0 Å². The van der Waals surface area contributed by atoms with Crippen molar-refractivity contribution in [2.75, 3.05) is 19.6 Å². The van der Waals surface area contributed by atoms with Crippen LogP contribution in [0.15, 0.2) is 63.8 Å². The molecule has 8 nitrogen and oxygen atoms in total. The van der Waals surface area contributed by atoms with Gasteiger partial charge in [0.2, 0.25) is 0 Å². The SMILES string of the molecule is CC1CC2=C3C4C5=C6C7CC14CCC7=CC(C1CCCC4(CCCC4)C1)CC1C64C(=O)OC(=C(O)CC6C7CC8(CCCC8)C8(CCCC89CCCC9C#CCC8C9CC(CN86)C(CC2)N3C9)C7)C4(CC5)C12OC(=O)c1c(CCCN)cccc12. The molecule has 19 aliphatic rings. The number of aliphatic hydroxyl groups is 1. The fourth-order valence-electron chi connectivity index (χ4n) is 30.1. The van der Waals surface area contributed by atoms with E-state index in [2.05, 4.69) is 52.8 Å². The zero-order valence-electron chi connectivity index (χ0n) is 51.5. The number of esters is 2. The Morgan fingerprint density at radius 3 is 2.49 bits per heavy atom. The van der Waals surface area contributed by atoms with Crippen LogP contribution < -0.4 is 5.73 Å². The summed E-state index contributed by atoms with van der Waals surface area (Å²) in [6, 6.07) is 7.53. The van der Waals surface area contributed by atoms with Crippen LogP contribution in [0.3, 0.4) is 0 Å². The highest BCUT2D eigenvalue weighted by Gasteiger charge is 2.94. The van der Waals surface area contributed by atoms with Gasteiger partial charge in [-0.3, -0.25) is 9.69 Å². The monoisotopic (exact) mass is 1140 g/mol. The maximum absolute atomic E-state index is 17.3. The lowest BCUT2D eigenvalue weighted by Gasteiger charge is -2.74. The number of hydrogen-bond acceptors (Lipinski definition) is 8. The van der Waals surface area contributed by atoms with Crippen LogP contribution in [0, 0.1) is 109 Å². The topological polar surface area (TPSA) is 105 Å². The number of benzene rings is 1. The molecule has 1 aromatic rings. The first-order valence-corrected chi connectivity index (χ1v) is 36.4. The van der Waals surface area contributed by atoms with Gasteiger partial charge in [0.25, 0.3) is 0 Å². The molecular weight excluding hydrogens is 1050 g/mol. The number of allylic oxidation sites excluding steroid dienone is 4. The van der Waals surface area contributed by atoms with Gasteiger partial charge in [-0.15, -0.1) is 5.92 Å². The van der Waals surface area contributed by atoms with Crippen molar-refractivity contribution in [3.05, 3.63) is 80.5 Å². The number of hydrogen-bond donors (Lipinski definition) is 2. The molecule has 0 radical (unpaired) electrons. The van der Waals surface area contributed by atoms with Gasteiger partial charge in [0.1, 0.15) is 11.2 Å². The lowest BCUT2D eigenvalue weighted by Crippen LogP contribution is -2.78. The van der Waals surface area contributed by atoms with Crippen molar-refractivity contribution in [3.8, 4) is 11.8 Å². The average Bonchev–Trinajstić information content (AvgIpc) is 1.54. The molecule has 19 atom stereocenters. The Hall–Kier alpha value is -3.80. The van der Waals surface area contributed by atoms with Gasteiger partial charge in [-0.05, 0) is 241 Å². The van der Waals surface area contributed by atoms with E-state index in [9.17, 15) is 5.11 Å². The van der Waals surface area contributed by atoms with Crippen molar-refractivity contribution in [1.82, 2.24) is 9.80 Å². The van der Waals surface area contributed by atoms with Crippen LogP contribution in [0.4, 0.5) is 0 Å². The zero-order valence-corrected chi connectivity index (χ0v) is 51.5. The molecule has 8 heteroatoms. The average molecular weight is 1140 g/mol. The molecule has 7 aliphatic heterocycles. The molecule has 3 saturated heterocycles. The third kappa shape index (κ3) is 5.90. The summed E-state index contributed by atoms with van der Waals surface area (Å²) in [6.45, 7) is 5.42. The second-order valence-corrected chi connectivity index (χ2v) is 34.2. The summed E-state index contributed by atoms with van der Waals surface area (Å²) in [5.41, 5.74) is 15.3. The first-order valence-electron chi connectivity index (χ1n) is 36.4. The smallest absolute Gasteiger partial charge is 0.339 e. The highest BCUT2D eigenvalue weighted by atomic mass is 16.6. The molecule has 20 rings (SSSR count). The minimum Gasteiger partial charge on any atom is -0.509 e. The largest absolute Gasteiger partial charge is 0.509 e. The number of ether oxygens (including phenoxy) is 2. The van der Waals surface area contributed by atoms with Gasteiger partial charge in [-0.25, -0.2) is 4.79 Å². The van der Waals surface area contributed by atoms with Crippen LogP contribution in [0.2, 0.25) is 0 Å². The van der Waals surface area contributed by atoms with Gasteiger partial charge >= 0.3 is 11.9 Å². The van der Waals surface area contributed by atoms with Crippen molar-refractivity contribution >= 4 is 11.9 Å². The summed E-state index contributed by atoms with van der Waals surface area (Å²) < 4.78 is 15.3. The van der Waals surface area contributed by atoms with Crippen LogP contribution >= 0.6 is 0 Å². The van der Waals surface area contributed by atoms with Crippen molar-refractivity contribution < 1.29 is 24.2 Å². The second-order valence-electron chi connectivity index (χ2n) is 34.2. The summed E-state index contributed by atoms with van der Waals surface area (Å²) in [6.07, 6.45) is 43.1. The number of rotatable bonds is 4. The maximum Gasteiger partial charge on any atom is 0.339 e. The lowest BCUT2D eigenvalue weighted by molar-refractivity contribution is -0.284. The summed E-state index contributed by atoms with van der Waals surface area (Å²) in [7, 11) is 0. The highest BCUT2D eigenvalue weighted by molar-refractivity contribution is 6.00. The zero-order chi connectivity index (χ0) is 56.4. The standard InChI is InChI=1S/C77H97N3O5/c1-45-34-48-19-20-59-51-36-52-44-80(59)66(48)65-55-22-32-75-67(61(81)38-60-53-40-71(26-4-5-27-71)74(41-53)30-11-29-73(74)28-9-16-54(73)15-7-18-58(52)79(60)43-51)84-69(83)76(75)62(77(75)57-17-6-12-46(14-10-33-78)63(57)68(82)85-77)37-50(49-13-8-25-70(39-49)23-2-3-24-70)35-47-21-31-72(45,65)42-56(47)64(55)76/h6,12,17,35,45,49-54,56,58-60,62,65,81H,2-5,8-11,13-14,16,18-34,36-44,78H2,1H3. The summed E-state index contributed by atoms with van der Waals surface area (Å²) in [5, 5.41) is 14.5. The van der Waals surface area contributed by atoms with Crippen LogP contribution in [0.1, 0.15) is 240 Å². The predicted octanol–water partition coefficient (Wildman–Crippen LogP) is 15.3. The molecule has 12 bridgehead atoms. The molecule has 7 heterocycles. The molecule has 3 N–H and O–H groups in total. The van der Waals surface area contributed by atoms with Crippen LogP contribution in [-0.4, -0.2) is 64.6 Å². The molecule has 19 unspecified atom stereocenters. The third-order valence-electron chi connectivity index (χ3n) is 32.4. The van der Waals surface area contributed by atoms with Gasteiger partial charge in [0.15, 0.2) is 11.4 Å². The highest BCUT2D eigenvalue weighted by Crippen LogP contribution is 2.90. The van der Waals surface area contributed by atoms with E-state index in [1.54, 1.807) is 22.4 Å². The van der Waals surface area contributed by atoms with E-state index < -0.39 is 16.4 Å². The number of aliphatic hydroxyl groups excluding tert-OH is 1. The van der Waals surface area contributed by atoms with E-state index in [-0.39, 0.29) is 52.5 Å². The van der Waals surface area contributed by atoms with Gasteiger partial charge in [-0.1, -0.05) is 98.8 Å². The van der Waals surface area contributed by atoms with Gasteiger partial charge < -0.3 is 25.2 Å². The first kappa shape index (κ1) is 52.0. The Morgan fingerprint density at radius 2 is 1.61 bits per heavy atom. The van der Waals surface area contributed by atoms with E-state index in [0.29, 0.717) is 101 Å². The maximum atomic E-state index is 17.3. The molecule has 11 fully saturated rings. The van der Waals surface area contributed by atoms with E-state index >= 15 is 9.59 Å². The number of nitrogens with zero attached hydrogens (tertiary/aromatic N) is 2. The molecule has 450 valence electrons. The van der Waals surface area contributed by atoms with Crippen molar-refractivity contribution in [2.24, 2.45) is 103 Å². The molecule has 8 saturated carbocycles. The minimum absolute atomic E-state index is 0.105. The molecular formula is C77H97N3O5. The molecule has 85 heavy (non-hydrogen) atoms.